The summed E-state index contributed by atoms with van der Waals surface area (Å²) >= 11 is 3.50. The quantitative estimate of drug-likeness (QED) is 0.841. The Morgan fingerprint density at radius 3 is 2.85 bits per heavy atom. The summed E-state index contributed by atoms with van der Waals surface area (Å²) in [5, 5.41) is 14.4. The second kappa shape index (κ2) is 6.85. The highest BCUT2D eigenvalue weighted by Crippen LogP contribution is 2.25. The number of aromatic nitrogens is 2. The van der Waals surface area contributed by atoms with Crippen LogP contribution in [0, 0.1) is 12.8 Å². The Labute approximate surface area is 127 Å². The van der Waals surface area contributed by atoms with Gasteiger partial charge in [-0.2, -0.15) is 0 Å². The van der Waals surface area contributed by atoms with E-state index in [-0.39, 0.29) is 0 Å². The van der Waals surface area contributed by atoms with E-state index >= 15 is 0 Å². The number of anilines is 2. The first-order valence-electron chi connectivity index (χ1n) is 6.61. The van der Waals surface area contributed by atoms with Crippen molar-refractivity contribution in [2.45, 2.75) is 27.3 Å². The van der Waals surface area contributed by atoms with Gasteiger partial charge in [-0.15, -0.1) is 5.10 Å². The second-order valence-corrected chi connectivity index (χ2v) is 5.92. The number of hydrogen-bond acceptors (Lipinski definition) is 5. The van der Waals surface area contributed by atoms with Crippen LogP contribution in [0.4, 0.5) is 11.7 Å². The summed E-state index contributed by atoms with van der Waals surface area (Å²) in [5.41, 5.74) is 2.05. The molecule has 0 aliphatic carbocycles. The highest BCUT2D eigenvalue weighted by molar-refractivity contribution is 9.10. The molecule has 6 heteroatoms. The Morgan fingerprint density at radius 1 is 1.30 bits per heavy atom. The molecule has 0 bridgehead atoms. The van der Waals surface area contributed by atoms with Crippen LogP contribution in [0.25, 0.3) is 0 Å². The summed E-state index contributed by atoms with van der Waals surface area (Å²) in [6.07, 6.45) is 0. The predicted octanol–water partition coefficient (Wildman–Crippen LogP) is 3.63. The molecule has 0 radical (unpaired) electrons. The van der Waals surface area contributed by atoms with Crippen LogP contribution in [0.1, 0.15) is 25.3 Å². The van der Waals surface area contributed by atoms with Gasteiger partial charge in [0.25, 0.3) is 0 Å². The summed E-state index contributed by atoms with van der Waals surface area (Å²) < 4.78 is 6.60. The van der Waals surface area contributed by atoms with Gasteiger partial charge in [-0.1, -0.05) is 40.9 Å². The third kappa shape index (κ3) is 4.05. The number of benzene rings is 1. The molecule has 1 aromatic carbocycles. The van der Waals surface area contributed by atoms with Crippen molar-refractivity contribution in [2.75, 3.05) is 11.9 Å². The highest BCUT2D eigenvalue weighted by Gasteiger charge is 2.08. The molecule has 2 aromatic rings. The first-order chi connectivity index (χ1) is 9.56. The fraction of sp³-hybridized carbons (Fsp3) is 0.429. The summed E-state index contributed by atoms with van der Waals surface area (Å²) in [6.45, 7) is 7.85. The minimum Gasteiger partial charge on any atom is -0.406 e. The predicted molar refractivity (Wildman–Crippen MR) is 83.0 cm³/mol. The first-order valence-corrected chi connectivity index (χ1v) is 7.41. The molecular formula is C14H19BrN4O. The minimum atomic E-state index is 0.410. The Kier molecular flexibility index (Phi) is 5.14. The maximum atomic E-state index is 5.55. The van der Waals surface area contributed by atoms with Crippen molar-refractivity contribution < 1.29 is 4.42 Å². The van der Waals surface area contributed by atoms with Crippen LogP contribution in [0.15, 0.2) is 27.1 Å². The number of nitrogens with zero attached hydrogens (tertiary/aromatic N) is 2. The zero-order valence-electron chi connectivity index (χ0n) is 11.9. The lowest BCUT2D eigenvalue weighted by molar-refractivity contribution is 0.460. The lowest BCUT2D eigenvalue weighted by Crippen LogP contribution is -2.19. The molecule has 0 saturated carbocycles. The lowest BCUT2D eigenvalue weighted by Gasteiger charge is -2.06. The van der Waals surface area contributed by atoms with E-state index in [1.54, 1.807) is 0 Å². The number of nitrogens with one attached hydrogen (secondary N) is 2. The molecule has 0 spiro atoms. The van der Waals surface area contributed by atoms with E-state index < -0.39 is 0 Å². The van der Waals surface area contributed by atoms with Crippen LogP contribution >= 0.6 is 15.9 Å². The molecule has 0 aliphatic heterocycles. The third-order valence-corrected chi connectivity index (χ3v) is 3.66. The number of hydrogen-bond donors (Lipinski definition) is 2. The van der Waals surface area contributed by atoms with Gasteiger partial charge in [0.05, 0.1) is 6.54 Å². The average Bonchev–Trinajstić information content (AvgIpc) is 2.82. The van der Waals surface area contributed by atoms with Gasteiger partial charge in [0.2, 0.25) is 5.89 Å². The van der Waals surface area contributed by atoms with Crippen molar-refractivity contribution in [3.8, 4) is 0 Å². The molecule has 2 N–H and O–H groups in total. The molecular weight excluding hydrogens is 320 g/mol. The molecule has 0 amide bonds. The molecule has 1 aromatic heterocycles. The standard InChI is InChI=1S/C14H19BrN4O/c1-9(2)7-16-8-13-18-19-14(20-13)17-12-6-4-5-11(15)10(12)3/h4-6,9,16H,7-8H2,1-3H3,(H,17,19). The molecule has 1 heterocycles. The van der Waals surface area contributed by atoms with Crippen LogP contribution < -0.4 is 10.6 Å². The zero-order chi connectivity index (χ0) is 14.5. The maximum Gasteiger partial charge on any atom is 0.320 e. The van der Waals surface area contributed by atoms with Crippen molar-refractivity contribution in [1.29, 1.82) is 0 Å². The summed E-state index contributed by atoms with van der Waals surface area (Å²) in [7, 11) is 0. The SMILES string of the molecule is Cc1c(Br)cccc1Nc1nnc(CNCC(C)C)o1. The average molecular weight is 339 g/mol. The van der Waals surface area contributed by atoms with Gasteiger partial charge in [0, 0.05) is 10.2 Å². The van der Waals surface area contributed by atoms with Gasteiger partial charge in [-0.3, -0.25) is 0 Å². The summed E-state index contributed by atoms with van der Waals surface area (Å²) in [5.74, 6) is 1.18. The van der Waals surface area contributed by atoms with E-state index in [0.717, 1.165) is 22.3 Å². The van der Waals surface area contributed by atoms with Crippen LogP contribution in [-0.2, 0) is 6.54 Å². The van der Waals surface area contributed by atoms with Gasteiger partial charge < -0.3 is 15.1 Å². The molecule has 0 aliphatic rings. The largest absolute Gasteiger partial charge is 0.406 e. The fourth-order valence-corrected chi connectivity index (χ4v) is 2.07. The topological polar surface area (TPSA) is 63.0 Å². The lowest BCUT2D eigenvalue weighted by atomic mass is 10.2. The normalized spacial score (nSPS) is 11.1. The maximum absolute atomic E-state index is 5.55. The van der Waals surface area contributed by atoms with Crippen molar-refractivity contribution in [2.24, 2.45) is 5.92 Å². The smallest absolute Gasteiger partial charge is 0.320 e. The van der Waals surface area contributed by atoms with E-state index in [1.807, 2.05) is 25.1 Å². The first kappa shape index (κ1) is 15.0. The fourth-order valence-electron chi connectivity index (χ4n) is 1.70. The molecule has 0 fully saturated rings. The van der Waals surface area contributed by atoms with Crippen LogP contribution in [0.2, 0.25) is 0 Å². The number of halogens is 1. The van der Waals surface area contributed by atoms with E-state index in [9.17, 15) is 0 Å². The molecule has 5 nitrogen and oxygen atoms in total. The molecule has 2 rings (SSSR count). The van der Waals surface area contributed by atoms with Crippen LogP contribution in [0.5, 0.6) is 0 Å². The summed E-state index contributed by atoms with van der Waals surface area (Å²) in [6, 6.07) is 6.34. The van der Waals surface area contributed by atoms with Gasteiger partial charge in [0.15, 0.2) is 0 Å². The molecule has 0 unspecified atom stereocenters. The monoisotopic (exact) mass is 338 g/mol. The zero-order valence-corrected chi connectivity index (χ0v) is 13.5. The van der Waals surface area contributed by atoms with E-state index in [2.05, 4.69) is 50.6 Å². The molecule has 108 valence electrons. The number of rotatable bonds is 6. The van der Waals surface area contributed by atoms with Gasteiger partial charge in [0.1, 0.15) is 0 Å². The summed E-state index contributed by atoms with van der Waals surface area (Å²) in [4.78, 5) is 0. The van der Waals surface area contributed by atoms with Crippen LogP contribution in [0.3, 0.4) is 0 Å². The molecule has 0 saturated heterocycles. The Balaban J connectivity index is 1.97. The van der Waals surface area contributed by atoms with Gasteiger partial charge in [-0.25, -0.2) is 0 Å². The van der Waals surface area contributed by atoms with Crippen molar-refractivity contribution in [3.05, 3.63) is 34.1 Å². The van der Waals surface area contributed by atoms with Crippen LogP contribution in [-0.4, -0.2) is 16.7 Å². The van der Waals surface area contributed by atoms with E-state index in [1.165, 1.54) is 0 Å². The van der Waals surface area contributed by atoms with Gasteiger partial charge >= 0.3 is 6.01 Å². The van der Waals surface area contributed by atoms with E-state index in [4.69, 9.17) is 4.42 Å². The second-order valence-electron chi connectivity index (χ2n) is 5.06. The third-order valence-electron chi connectivity index (χ3n) is 2.80. The Hall–Kier alpha value is -1.40. The van der Waals surface area contributed by atoms with E-state index in [0.29, 0.717) is 24.4 Å². The Morgan fingerprint density at radius 2 is 2.10 bits per heavy atom. The Bertz CT molecular complexity index is 568. The minimum absolute atomic E-state index is 0.410. The van der Waals surface area contributed by atoms with Gasteiger partial charge in [-0.05, 0) is 37.1 Å². The highest BCUT2D eigenvalue weighted by atomic mass is 79.9. The van der Waals surface area contributed by atoms with Crippen molar-refractivity contribution >= 4 is 27.6 Å². The van der Waals surface area contributed by atoms with Crippen molar-refractivity contribution in [1.82, 2.24) is 15.5 Å². The van der Waals surface area contributed by atoms with Crippen molar-refractivity contribution in [3.63, 3.8) is 0 Å². The molecule has 0 atom stereocenters. The molecule has 20 heavy (non-hydrogen) atoms.